The zero-order valence-corrected chi connectivity index (χ0v) is 9.29. The van der Waals surface area contributed by atoms with Crippen LogP contribution >= 0.6 is 0 Å². The Morgan fingerprint density at radius 1 is 1.40 bits per heavy atom. The van der Waals surface area contributed by atoms with Gasteiger partial charge in [-0.05, 0) is 18.9 Å². The van der Waals surface area contributed by atoms with Crippen LogP contribution in [0.3, 0.4) is 0 Å². The molecule has 82 valence electrons. The molecule has 3 heteroatoms. The van der Waals surface area contributed by atoms with Crippen molar-refractivity contribution in [2.45, 2.75) is 26.3 Å². The molecule has 0 saturated heterocycles. The lowest BCUT2D eigenvalue weighted by molar-refractivity contribution is -0.122. The highest BCUT2D eigenvalue weighted by Crippen LogP contribution is 2.11. The van der Waals surface area contributed by atoms with Crippen LogP contribution in [-0.2, 0) is 4.79 Å². The molecular formula is C12H18N2O. The van der Waals surface area contributed by atoms with Crippen LogP contribution in [0.5, 0.6) is 0 Å². The van der Waals surface area contributed by atoms with E-state index in [4.69, 9.17) is 5.73 Å². The Morgan fingerprint density at radius 2 is 2.00 bits per heavy atom. The maximum absolute atomic E-state index is 11.6. The van der Waals surface area contributed by atoms with Crippen molar-refractivity contribution in [3.05, 3.63) is 35.4 Å². The average Bonchev–Trinajstić information content (AvgIpc) is 2.26. The van der Waals surface area contributed by atoms with Gasteiger partial charge in [0.05, 0.1) is 0 Å². The molecule has 1 aromatic carbocycles. The minimum atomic E-state index is -0.558. The number of nitrogens with two attached hydrogens (primary N) is 1. The number of hydrogen-bond acceptors (Lipinski definition) is 2. The van der Waals surface area contributed by atoms with Crippen molar-refractivity contribution in [1.29, 1.82) is 0 Å². The van der Waals surface area contributed by atoms with Crippen LogP contribution in [0.4, 0.5) is 0 Å². The molecule has 3 nitrogen and oxygen atoms in total. The highest BCUT2D eigenvalue weighted by molar-refractivity contribution is 5.82. The lowest BCUT2D eigenvalue weighted by Gasteiger charge is -2.12. The second-order valence-corrected chi connectivity index (χ2v) is 3.68. The van der Waals surface area contributed by atoms with Gasteiger partial charge in [-0.3, -0.25) is 4.79 Å². The lowest BCUT2D eigenvalue weighted by Crippen LogP contribution is -2.34. The first-order valence-corrected chi connectivity index (χ1v) is 5.25. The van der Waals surface area contributed by atoms with Crippen LogP contribution < -0.4 is 11.1 Å². The Balaban J connectivity index is 2.63. The highest BCUT2D eigenvalue weighted by atomic mass is 16.2. The second kappa shape index (κ2) is 5.51. The monoisotopic (exact) mass is 206 g/mol. The summed E-state index contributed by atoms with van der Waals surface area (Å²) >= 11 is 0. The van der Waals surface area contributed by atoms with E-state index in [0.29, 0.717) is 6.54 Å². The first-order valence-electron chi connectivity index (χ1n) is 5.25. The Hall–Kier alpha value is -1.35. The van der Waals surface area contributed by atoms with Gasteiger partial charge >= 0.3 is 0 Å². The third-order valence-corrected chi connectivity index (χ3v) is 2.27. The molecule has 0 bridgehead atoms. The van der Waals surface area contributed by atoms with Gasteiger partial charge in [-0.1, -0.05) is 36.8 Å². The fourth-order valence-electron chi connectivity index (χ4n) is 1.28. The third kappa shape index (κ3) is 3.36. The van der Waals surface area contributed by atoms with Gasteiger partial charge < -0.3 is 11.1 Å². The topological polar surface area (TPSA) is 55.1 Å². The van der Waals surface area contributed by atoms with Crippen LogP contribution in [0.25, 0.3) is 0 Å². The molecule has 0 saturated carbocycles. The number of benzene rings is 1. The second-order valence-electron chi connectivity index (χ2n) is 3.68. The van der Waals surface area contributed by atoms with Crippen LogP contribution in [0, 0.1) is 6.92 Å². The van der Waals surface area contributed by atoms with Gasteiger partial charge in [-0.25, -0.2) is 0 Å². The Morgan fingerprint density at radius 3 is 2.53 bits per heavy atom. The van der Waals surface area contributed by atoms with E-state index in [9.17, 15) is 4.79 Å². The van der Waals surface area contributed by atoms with E-state index >= 15 is 0 Å². The number of amides is 1. The maximum atomic E-state index is 11.6. The van der Waals surface area contributed by atoms with Gasteiger partial charge in [0, 0.05) is 6.54 Å². The van der Waals surface area contributed by atoms with Gasteiger partial charge in [-0.2, -0.15) is 0 Å². The van der Waals surface area contributed by atoms with Crippen LogP contribution in [-0.4, -0.2) is 12.5 Å². The number of hydrogen-bond donors (Lipinski definition) is 2. The van der Waals surface area contributed by atoms with Crippen molar-refractivity contribution in [1.82, 2.24) is 5.32 Å². The molecule has 0 spiro atoms. The van der Waals surface area contributed by atoms with Gasteiger partial charge in [0.15, 0.2) is 0 Å². The smallest absolute Gasteiger partial charge is 0.241 e. The molecule has 1 atom stereocenters. The van der Waals surface area contributed by atoms with Crippen molar-refractivity contribution < 1.29 is 4.79 Å². The largest absolute Gasteiger partial charge is 0.354 e. The molecule has 1 aromatic rings. The molecule has 15 heavy (non-hydrogen) atoms. The van der Waals surface area contributed by atoms with Gasteiger partial charge in [0.2, 0.25) is 5.91 Å². The standard InChI is InChI=1S/C12H18N2O/c1-3-8-14-12(15)11(13)10-6-4-9(2)5-7-10/h4-7,11H,3,8,13H2,1-2H3,(H,14,15). The summed E-state index contributed by atoms with van der Waals surface area (Å²) in [5.41, 5.74) is 7.84. The maximum Gasteiger partial charge on any atom is 0.241 e. The van der Waals surface area contributed by atoms with Crippen LogP contribution in [0.1, 0.15) is 30.5 Å². The van der Waals surface area contributed by atoms with E-state index in [2.05, 4.69) is 5.32 Å². The summed E-state index contributed by atoms with van der Waals surface area (Å²) in [6, 6.07) is 7.15. The molecule has 0 aliphatic rings. The Bertz CT molecular complexity index is 319. The summed E-state index contributed by atoms with van der Waals surface area (Å²) in [5, 5.41) is 2.78. The Kier molecular flexibility index (Phi) is 4.31. The number of rotatable bonds is 4. The summed E-state index contributed by atoms with van der Waals surface area (Å²) in [5.74, 6) is -0.110. The number of carbonyl (C=O) groups is 1. The predicted molar refractivity (Wildman–Crippen MR) is 61.4 cm³/mol. The molecule has 0 aromatic heterocycles. The quantitative estimate of drug-likeness (QED) is 0.784. The third-order valence-electron chi connectivity index (χ3n) is 2.27. The predicted octanol–water partition coefficient (Wildman–Crippen LogP) is 1.52. The fraction of sp³-hybridized carbons (Fsp3) is 0.417. The van der Waals surface area contributed by atoms with Crippen LogP contribution in [0.15, 0.2) is 24.3 Å². The van der Waals surface area contributed by atoms with E-state index < -0.39 is 6.04 Å². The molecule has 1 rings (SSSR count). The first kappa shape index (κ1) is 11.7. The van der Waals surface area contributed by atoms with E-state index in [0.717, 1.165) is 12.0 Å². The van der Waals surface area contributed by atoms with E-state index in [1.807, 2.05) is 38.1 Å². The molecule has 0 aliphatic heterocycles. The van der Waals surface area contributed by atoms with Gasteiger partial charge in [-0.15, -0.1) is 0 Å². The van der Waals surface area contributed by atoms with Gasteiger partial charge in [0.1, 0.15) is 6.04 Å². The zero-order valence-electron chi connectivity index (χ0n) is 9.29. The molecule has 0 radical (unpaired) electrons. The van der Waals surface area contributed by atoms with Crippen molar-refractivity contribution >= 4 is 5.91 Å². The first-order chi connectivity index (χ1) is 7.15. The van der Waals surface area contributed by atoms with Crippen molar-refractivity contribution in [2.75, 3.05) is 6.54 Å². The van der Waals surface area contributed by atoms with Crippen molar-refractivity contribution in [2.24, 2.45) is 5.73 Å². The SMILES string of the molecule is CCCNC(=O)C(N)c1ccc(C)cc1. The average molecular weight is 206 g/mol. The molecule has 0 aliphatic carbocycles. The summed E-state index contributed by atoms with van der Waals surface area (Å²) in [6.07, 6.45) is 0.923. The summed E-state index contributed by atoms with van der Waals surface area (Å²) in [7, 11) is 0. The number of aryl methyl sites for hydroxylation is 1. The Labute approximate surface area is 90.7 Å². The lowest BCUT2D eigenvalue weighted by atomic mass is 10.1. The van der Waals surface area contributed by atoms with Crippen molar-refractivity contribution in [3.63, 3.8) is 0 Å². The highest BCUT2D eigenvalue weighted by Gasteiger charge is 2.14. The molecule has 0 heterocycles. The summed E-state index contributed by atoms with van der Waals surface area (Å²) in [4.78, 5) is 11.6. The molecule has 0 fully saturated rings. The van der Waals surface area contributed by atoms with Gasteiger partial charge in [0.25, 0.3) is 0 Å². The van der Waals surface area contributed by atoms with Crippen LogP contribution in [0.2, 0.25) is 0 Å². The minimum absolute atomic E-state index is 0.110. The minimum Gasteiger partial charge on any atom is -0.354 e. The van der Waals surface area contributed by atoms with E-state index in [1.54, 1.807) is 0 Å². The number of carbonyl (C=O) groups excluding carboxylic acids is 1. The number of nitrogens with one attached hydrogen (secondary N) is 1. The fourth-order valence-corrected chi connectivity index (χ4v) is 1.28. The molecule has 3 N–H and O–H groups in total. The van der Waals surface area contributed by atoms with E-state index in [-0.39, 0.29) is 5.91 Å². The van der Waals surface area contributed by atoms with Crippen molar-refractivity contribution in [3.8, 4) is 0 Å². The molecule has 1 amide bonds. The zero-order chi connectivity index (χ0) is 11.3. The van der Waals surface area contributed by atoms with E-state index in [1.165, 1.54) is 5.56 Å². The molecular weight excluding hydrogens is 188 g/mol. The molecule has 1 unspecified atom stereocenters. The summed E-state index contributed by atoms with van der Waals surface area (Å²) < 4.78 is 0. The summed E-state index contributed by atoms with van der Waals surface area (Å²) in [6.45, 7) is 4.70. The normalized spacial score (nSPS) is 12.2.